The Kier molecular flexibility index (Phi) is 5.68. The van der Waals surface area contributed by atoms with E-state index in [1.54, 1.807) is 31.2 Å². The van der Waals surface area contributed by atoms with Crippen LogP contribution in [-0.2, 0) is 4.79 Å². The summed E-state index contributed by atoms with van der Waals surface area (Å²) < 4.78 is 11.6. The Balaban J connectivity index is 1.65. The molecule has 0 bridgehead atoms. The largest absolute Gasteiger partial charge is 0.497 e. The number of anilines is 1. The highest BCUT2D eigenvalue weighted by atomic mass is 32.1. The van der Waals surface area contributed by atoms with E-state index in [0.29, 0.717) is 27.4 Å². The van der Waals surface area contributed by atoms with E-state index in [1.807, 2.05) is 30.3 Å². The number of ether oxygens (including phenoxy) is 2. The predicted molar refractivity (Wildman–Crippen MR) is 120 cm³/mol. The molecule has 0 aliphatic heterocycles. The highest BCUT2D eigenvalue weighted by molar-refractivity contribution is 7.21. The number of methoxy groups -OCH3 is 2. The molecule has 0 aliphatic rings. The lowest BCUT2D eigenvalue weighted by Crippen LogP contribution is -2.34. The second-order valence-corrected chi connectivity index (χ2v) is 7.80. The van der Waals surface area contributed by atoms with E-state index in [-0.39, 0.29) is 5.56 Å². The number of carbonyl (C=O) groups excluding carboxylic acids is 1. The lowest BCUT2D eigenvalue weighted by Gasteiger charge is -2.15. The van der Waals surface area contributed by atoms with Crippen molar-refractivity contribution < 1.29 is 14.3 Å². The van der Waals surface area contributed by atoms with Crippen molar-refractivity contribution in [1.82, 2.24) is 15.0 Å². The molecule has 2 heterocycles. The van der Waals surface area contributed by atoms with Crippen LogP contribution in [0.5, 0.6) is 11.5 Å². The molecular formula is C22H20N4O4S. The van der Waals surface area contributed by atoms with Gasteiger partial charge in [0.2, 0.25) is 5.91 Å². The smallest absolute Gasteiger partial charge is 0.279 e. The second kappa shape index (κ2) is 8.57. The van der Waals surface area contributed by atoms with E-state index in [1.165, 1.54) is 25.6 Å². The fourth-order valence-electron chi connectivity index (χ4n) is 3.12. The van der Waals surface area contributed by atoms with Crippen molar-refractivity contribution in [1.29, 1.82) is 0 Å². The van der Waals surface area contributed by atoms with Gasteiger partial charge in [0.15, 0.2) is 4.83 Å². The zero-order chi connectivity index (χ0) is 22.0. The highest BCUT2D eigenvalue weighted by Crippen LogP contribution is 2.31. The molecule has 0 aliphatic carbocycles. The number of hydrogen-bond donors (Lipinski definition) is 1. The number of nitrogens with zero attached hydrogens (tertiary/aromatic N) is 3. The van der Waals surface area contributed by atoms with Gasteiger partial charge in [-0.2, -0.15) is 4.68 Å². The average molecular weight is 436 g/mol. The first-order chi connectivity index (χ1) is 15.0. The molecule has 158 valence electrons. The molecule has 1 amide bonds. The van der Waals surface area contributed by atoms with Gasteiger partial charge < -0.3 is 14.8 Å². The topological polar surface area (TPSA) is 95.3 Å². The van der Waals surface area contributed by atoms with Crippen molar-refractivity contribution in [3.63, 3.8) is 0 Å². The zero-order valence-electron chi connectivity index (χ0n) is 17.2. The first kappa shape index (κ1) is 20.5. The zero-order valence-corrected chi connectivity index (χ0v) is 18.0. The number of benzene rings is 2. The number of amides is 1. The molecule has 1 atom stereocenters. The Morgan fingerprint density at radius 3 is 2.58 bits per heavy atom. The van der Waals surface area contributed by atoms with Crippen LogP contribution in [0.3, 0.4) is 0 Å². The SMILES string of the molecule is COc1ccc(OC)c(NC(=O)C(C)n2nnc3sc(-c4ccccc4)cc3c2=O)c1. The maximum atomic E-state index is 13.0. The molecule has 0 saturated heterocycles. The minimum absolute atomic E-state index is 0.372. The van der Waals surface area contributed by atoms with Crippen LogP contribution in [0.2, 0.25) is 0 Å². The van der Waals surface area contributed by atoms with Gasteiger partial charge >= 0.3 is 0 Å². The average Bonchev–Trinajstić information content (AvgIpc) is 3.25. The summed E-state index contributed by atoms with van der Waals surface area (Å²) in [5.41, 5.74) is 1.05. The monoisotopic (exact) mass is 436 g/mol. The number of hydrogen-bond acceptors (Lipinski definition) is 7. The van der Waals surface area contributed by atoms with E-state index in [2.05, 4.69) is 15.6 Å². The molecule has 0 fully saturated rings. The molecule has 31 heavy (non-hydrogen) atoms. The summed E-state index contributed by atoms with van der Waals surface area (Å²) in [7, 11) is 3.04. The molecule has 4 aromatic rings. The van der Waals surface area contributed by atoms with Crippen molar-refractivity contribution >= 4 is 33.1 Å². The van der Waals surface area contributed by atoms with Crippen LogP contribution < -0.4 is 20.3 Å². The third-order valence-corrected chi connectivity index (χ3v) is 5.92. The number of carbonyl (C=O) groups is 1. The van der Waals surface area contributed by atoms with Crippen molar-refractivity contribution in [2.24, 2.45) is 0 Å². The molecule has 4 rings (SSSR count). The number of rotatable bonds is 6. The van der Waals surface area contributed by atoms with Gasteiger partial charge in [-0.05, 0) is 30.7 Å². The first-order valence-corrected chi connectivity index (χ1v) is 10.3. The molecular weight excluding hydrogens is 416 g/mol. The fourth-order valence-corrected chi connectivity index (χ4v) is 4.09. The van der Waals surface area contributed by atoms with Gasteiger partial charge in [-0.3, -0.25) is 9.59 Å². The predicted octanol–water partition coefficient (Wildman–Crippen LogP) is 3.74. The second-order valence-electron chi connectivity index (χ2n) is 6.77. The third kappa shape index (κ3) is 3.99. The summed E-state index contributed by atoms with van der Waals surface area (Å²) in [6.45, 7) is 1.59. The first-order valence-electron chi connectivity index (χ1n) is 9.49. The van der Waals surface area contributed by atoms with Crippen molar-refractivity contribution in [2.75, 3.05) is 19.5 Å². The van der Waals surface area contributed by atoms with Gasteiger partial charge in [-0.25, -0.2) is 0 Å². The number of fused-ring (bicyclic) bond motifs is 1. The lowest BCUT2D eigenvalue weighted by molar-refractivity contribution is -0.119. The van der Waals surface area contributed by atoms with E-state index in [0.717, 1.165) is 15.1 Å². The summed E-state index contributed by atoms with van der Waals surface area (Å²) >= 11 is 1.39. The number of aromatic nitrogens is 3. The van der Waals surface area contributed by atoms with Crippen molar-refractivity contribution in [3.05, 3.63) is 65.0 Å². The molecule has 8 nitrogen and oxygen atoms in total. The minimum atomic E-state index is -0.889. The molecule has 2 aromatic carbocycles. The maximum absolute atomic E-state index is 13.0. The quantitative estimate of drug-likeness (QED) is 0.495. The van der Waals surface area contributed by atoms with Crippen LogP contribution in [-0.4, -0.2) is 35.1 Å². The Hall–Kier alpha value is -3.72. The molecule has 0 spiro atoms. The molecule has 0 saturated carbocycles. The molecule has 0 radical (unpaired) electrons. The lowest BCUT2D eigenvalue weighted by atomic mass is 10.2. The van der Waals surface area contributed by atoms with E-state index >= 15 is 0 Å². The minimum Gasteiger partial charge on any atom is -0.497 e. The Labute approximate surface area is 182 Å². The van der Waals surface area contributed by atoms with Gasteiger partial charge in [-0.1, -0.05) is 35.5 Å². The molecule has 9 heteroatoms. The maximum Gasteiger partial charge on any atom is 0.279 e. The van der Waals surface area contributed by atoms with Crippen LogP contribution in [0.4, 0.5) is 5.69 Å². The van der Waals surface area contributed by atoms with Crippen LogP contribution in [0.15, 0.2) is 59.4 Å². The number of nitrogens with one attached hydrogen (secondary N) is 1. The third-order valence-electron chi connectivity index (χ3n) is 4.85. The summed E-state index contributed by atoms with van der Waals surface area (Å²) in [5.74, 6) is 0.607. The Morgan fingerprint density at radius 2 is 1.87 bits per heavy atom. The standard InChI is InChI=1S/C22H20N4O4S/c1-13(20(27)23-17-11-15(29-2)9-10-18(17)30-3)26-22(28)16-12-19(31-21(16)24-25-26)14-7-5-4-6-8-14/h4-13H,1-3H3,(H,23,27). The van der Waals surface area contributed by atoms with Crippen LogP contribution in [0.1, 0.15) is 13.0 Å². The normalized spacial score (nSPS) is 11.8. The van der Waals surface area contributed by atoms with Crippen LogP contribution in [0, 0.1) is 0 Å². The van der Waals surface area contributed by atoms with Crippen molar-refractivity contribution in [3.8, 4) is 21.9 Å². The molecule has 2 aromatic heterocycles. The van der Waals surface area contributed by atoms with Crippen LogP contribution in [0.25, 0.3) is 20.7 Å². The van der Waals surface area contributed by atoms with E-state index < -0.39 is 11.9 Å². The van der Waals surface area contributed by atoms with Crippen LogP contribution >= 0.6 is 11.3 Å². The summed E-state index contributed by atoms with van der Waals surface area (Å²) in [4.78, 5) is 27.3. The van der Waals surface area contributed by atoms with Crippen molar-refractivity contribution in [2.45, 2.75) is 13.0 Å². The number of thiophene rings is 1. The van der Waals surface area contributed by atoms with E-state index in [9.17, 15) is 9.59 Å². The Morgan fingerprint density at radius 1 is 1.10 bits per heavy atom. The summed E-state index contributed by atoms with van der Waals surface area (Å²) in [6, 6.07) is 15.7. The highest BCUT2D eigenvalue weighted by Gasteiger charge is 2.22. The fraction of sp³-hybridized carbons (Fsp3) is 0.182. The van der Waals surface area contributed by atoms with Gasteiger partial charge in [0, 0.05) is 10.9 Å². The van der Waals surface area contributed by atoms with Gasteiger partial charge in [0.25, 0.3) is 5.56 Å². The summed E-state index contributed by atoms with van der Waals surface area (Å²) in [6.07, 6.45) is 0. The molecule has 1 N–H and O–H groups in total. The van der Waals surface area contributed by atoms with Gasteiger partial charge in [0.1, 0.15) is 17.5 Å². The van der Waals surface area contributed by atoms with E-state index in [4.69, 9.17) is 9.47 Å². The summed E-state index contributed by atoms with van der Waals surface area (Å²) in [5, 5.41) is 11.4. The molecule has 1 unspecified atom stereocenters. The van der Waals surface area contributed by atoms with Gasteiger partial charge in [-0.15, -0.1) is 16.4 Å². The Bertz CT molecular complexity index is 1300. The van der Waals surface area contributed by atoms with Gasteiger partial charge in [0.05, 0.1) is 25.3 Å².